The Morgan fingerprint density at radius 2 is 1.91 bits per heavy atom. The molecule has 2 rings (SSSR count). The number of aromatic nitrogens is 3. The van der Waals surface area contributed by atoms with Crippen LogP contribution in [0.3, 0.4) is 0 Å². The lowest BCUT2D eigenvalue weighted by Gasteiger charge is -2.11. The molecular weight excluding hydrogens is 341 g/mol. The largest absolute Gasteiger partial charge is 0.501 e. The Labute approximate surface area is 128 Å². The van der Waals surface area contributed by atoms with Crippen molar-refractivity contribution >= 4 is 21.6 Å². The second-order valence-corrected chi connectivity index (χ2v) is 7.04. The molecule has 0 unspecified atom stereocenters. The van der Waals surface area contributed by atoms with Crippen molar-refractivity contribution in [3.63, 3.8) is 0 Å². The van der Waals surface area contributed by atoms with E-state index in [-0.39, 0.29) is 10.1 Å². The van der Waals surface area contributed by atoms with Gasteiger partial charge in [-0.1, -0.05) is 19.1 Å². The average molecular weight is 352 g/mol. The lowest BCUT2D eigenvalue weighted by atomic mass is 10.4. The molecule has 0 atom stereocenters. The van der Waals surface area contributed by atoms with Gasteiger partial charge in [-0.15, -0.1) is 10.2 Å². The molecular formula is C11H11F3N4O2S2. The molecule has 120 valence electrons. The summed E-state index contributed by atoms with van der Waals surface area (Å²) in [6, 6.07) is 4.79. The van der Waals surface area contributed by atoms with Crippen LogP contribution >= 0.6 is 11.8 Å². The topological polar surface area (TPSA) is 90.9 Å². The van der Waals surface area contributed by atoms with Crippen molar-refractivity contribution in [3.05, 3.63) is 30.1 Å². The first kappa shape index (κ1) is 16.6. The first-order valence-corrected chi connectivity index (χ1v) is 8.26. The lowest BCUT2D eigenvalue weighted by Crippen LogP contribution is -2.23. The molecule has 1 aromatic heterocycles. The first-order valence-electron chi connectivity index (χ1n) is 5.96. The van der Waals surface area contributed by atoms with E-state index in [1.165, 1.54) is 18.2 Å². The van der Waals surface area contributed by atoms with E-state index in [2.05, 4.69) is 10.2 Å². The van der Waals surface area contributed by atoms with Crippen molar-refractivity contribution in [1.29, 1.82) is 0 Å². The van der Waals surface area contributed by atoms with Crippen LogP contribution in [0, 0.1) is 0 Å². The zero-order valence-corrected chi connectivity index (χ0v) is 12.8. The second kappa shape index (κ2) is 5.80. The minimum Gasteiger partial charge on any atom is -0.336 e. The number of benzene rings is 1. The molecule has 0 spiro atoms. The number of hydrogen-bond donors (Lipinski definition) is 1. The fraction of sp³-hybridized carbons (Fsp3) is 0.273. The summed E-state index contributed by atoms with van der Waals surface area (Å²) in [6.45, 7) is 1.78. The summed E-state index contributed by atoms with van der Waals surface area (Å²) in [5, 5.41) is 7.61. The maximum absolute atomic E-state index is 12.7. The SMILES string of the molecule is CCc1nnc(Sc2ccccc2S(=O)(=O)C(F)(F)F)n1N. The molecule has 11 heteroatoms. The molecule has 0 fully saturated rings. The number of nitrogens with zero attached hydrogens (tertiary/aromatic N) is 3. The van der Waals surface area contributed by atoms with E-state index in [1.807, 2.05) is 0 Å². The molecule has 0 saturated carbocycles. The van der Waals surface area contributed by atoms with E-state index in [4.69, 9.17) is 5.84 Å². The van der Waals surface area contributed by atoms with Gasteiger partial charge in [0.05, 0.1) is 4.90 Å². The van der Waals surface area contributed by atoms with Crippen LogP contribution in [0.4, 0.5) is 13.2 Å². The monoisotopic (exact) mass is 352 g/mol. The zero-order valence-electron chi connectivity index (χ0n) is 11.2. The minimum absolute atomic E-state index is 0.0988. The van der Waals surface area contributed by atoms with Gasteiger partial charge in [-0.3, -0.25) is 0 Å². The van der Waals surface area contributed by atoms with E-state index in [1.54, 1.807) is 6.92 Å². The molecule has 0 radical (unpaired) electrons. The normalized spacial score (nSPS) is 12.5. The van der Waals surface area contributed by atoms with Crippen LogP contribution in [0.15, 0.2) is 39.2 Å². The molecule has 1 heterocycles. The number of halogens is 3. The molecule has 0 saturated heterocycles. The third-order valence-electron chi connectivity index (χ3n) is 2.70. The number of nitrogen functional groups attached to an aromatic ring is 1. The van der Waals surface area contributed by atoms with E-state index in [0.717, 1.165) is 10.7 Å². The van der Waals surface area contributed by atoms with Gasteiger partial charge in [0.25, 0.3) is 9.84 Å². The van der Waals surface area contributed by atoms with Crippen LogP contribution in [0.2, 0.25) is 0 Å². The summed E-state index contributed by atoms with van der Waals surface area (Å²) >= 11 is 0.705. The van der Waals surface area contributed by atoms with Crippen LogP contribution in [-0.4, -0.2) is 28.8 Å². The Morgan fingerprint density at radius 1 is 1.27 bits per heavy atom. The number of nitrogens with two attached hydrogens (primary N) is 1. The maximum atomic E-state index is 12.7. The van der Waals surface area contributed by atoms with Gasteiger partial charge in [-0.05, 0) is 23.9 Å². The molecule has 1 aromatic carbocycles. The lowest BCUT2D eigenvalue weighted by molar-refractivity contribution is -0.0437. The van der Waals surface area contributed by atoms with Crippen molar-refractivity contribution < 1.29 is 21.6 Å². The van der Waals surface area contributed by atoms with Crippen molar-refractivity contribution in [2.45, 2.75) is 33.8 Å². The van der Waals surface area contributed by atoms with Crippen molar-refractivity contribution in [3.8, 4) is 0 Å². The smallest absolute Gasteiger partial charge is 0.336 e. The van der Waals surface area contributed by atoms with E-state index in [9.17, 15) is 21.6 Å². The van der Waals surface area contributed by atoms with Gasteiger partial charge in [0, 0.05) is 11.3 Å². The molecule has 0 aliphatic rings. The molecule has 2 aromatic rings. The third-order valence-corrected chi connectivity index (χ3v) is 5.41. The first-order chi connectivity index (χ1) is 10.2. The summed E-state index contributed by atoms with van der Waals surface area (Å²) in [5.74, 6) is 6.14. The Balaban J connectivity index is 2.48. The Bertz CT molecular complexity index is 787. The van der Waals surface area contributed by atoms with Crippen LogP contribution in [0.1, 0.15) is 12.7 Å². The van der Waals surface area contributed by atoms with Crippen LogP contribution in [0.5, 0.6) is 0 Å². The fourth-order valence-electron chi connectivity index (χ4n) is 1.60. The summed E-state index contributed by atoms with van der Waals surface area (Å²) in [5.41, 5.74) is -5.38. The van der Waals surface area contributed by atoms with Gasteiger partial charge >= 0.3 is 5.51 Å². The standard InChI is InChI=1S/C11H11F3N4O2S2/c1-2-9-16-17-10(18(9)15)21-7-5-3-4-6-8(7)22(19,20)11(12,13)14/h3-6H,2,15H2,1H3. The number of alkyl halides is 3. The predicted octanol–water partition coefficient (Wildman–Crippen LogP) is 2.00. The highest BCUT2D eigenvalue weighted by Crippen LogP contribution is 2.37. The second-order valence-electron chi connectivity index (χ2n) is 4.12. The molecule has 0 amide bonds. The van der Waals surface area contributed by atoms with E-state index < -0.39 is 20.2 Å². The Hall–Kier alpha value is -1.75. The van der Waals surface area contributed by atoms with Crippen LogP contribution in [-0.2, 0) is 16.3 Å². The predicted molar refractivity (Wildman–Crippen MR) is 73.4 cm³/mol. The number of rotatable bonds is 4. The van der Waals surface area contributed by atoms with Gasteiger partial charge in [0.2, 0.25) is 5.16 Å². The molecule has 22 heavy (non-hydrogen) atoms. The zero-order chi connectivity index (χ0) is 16.5. The molecule has 0 aliphatic heterocycles. The summed E-state index contributed by atoms with van der Waals surface area (Å²) in [4.78, 5) is -0.963. The van der Waals surface area contributed by atoms with E-state index >= 15 is 0 Å². The molecule has 6 nitrogen and oxygen atoms in total. The molecule has 0 bridgehead atoms. The summed E-state index contributed by atoms with van der Waals surface area (Å²) < 4.78 is 62.5. The van der Waals surface area contributed by atoms with Gasteiger partial charge < -0.3 is 5.84 Å². The van der Waals surface area contributed by atoms with Crippen molar-refractivity contribution in [1.82, 2.24) is 14.9 Å². The Kier molecular flexibility index (Phi) is 4.38. The van der Waals surface area contributed by atoms with Crippen molar-refractivity contribution in [2.24, 2.45) is 0 Å². The molecule has 0 aliphatic carbocycles. The maximum Gasteiger partial charge on any atom is 0.501 e. The van der Waals surface area contributed by atoms with Crippen LogP contribution in [0.25, 0.3) is 0 Å². The average Bonchev–Trinajstić information content (AvgIpc) is 2.79. The highest BCUT2D eigenvalue weighted by molar-refractivity contribution is 8.00. The minimum atomic E-state index is -5.46. The van der Waals surface area contributed by atoms with Gasteiger partial charge in [-0.25, -0.2) is 13.1 Å². The third kappa shape index (κ3) is 2.90. The number of sulfone groups is 1. The van der Waals surface area contributed by atoms with Crippen LogP contribution < -0.4 is 5.84 Å². The summed E-state index contributed by atoms with van der Waals surface area (Å²) in [7, 11) is -5.46. The van der Waals surface area contributed by atoms with E-state index in [0.29, 0.717) is 24.0 Å². The Morgan fingerprint density at radius 3 is 2.45 bits per heavy atom. The molecule has 2 N–H and O–H groups in total. The highest BCUT2D eigenvalue weighted by atomic mass is 32.2. The highest BCUT2D eigenvalue weighted by Gasteiger charge is 2.48. The number of hydrogen-bond acceptors (Lipinski definition) is 6. The van der Waals surface area contributed by atoms with Gasteiger partial charge in [0.15, 0.2) is 5.82 Å². The number of aryl methyl sites for hydroxylation is 1. The quantitative estimate of drug-likeness (QED) is 0.847. The van der Waals surface area contributed by atoms with Gasteiger partial charge in [0.1, 0.15) is 0 Å². The fourth-order valence-corrected chi connectivity index (χ4v) is 3.69. The summed E-state index contributed by atoms with van der Waals surface area (Å²) in [6.07, 6.45) is 0.479. The van der Waals surface area contributed by atoms with Crippen molar-refractivity contribution in [2.75, 3.05) is 5.84 Å². The van der Waals surface area contributed by atoms with Gasteiger partial charge in [-0.2, -0.15) is 13.2 Å².